The fourth-order valence-corrected chi connectivity index (χ4v) is 14.8. The van der Waals surface area contributed by atoms with Gasteiger partial charge >= 0.3 is 59.3 Å². The van der Waals surface area contributed by atoms with E-state index in [-0.39, 0.29) is 0 Å². The van der Waals surface area contributed by atoms with E-state index in [9.17, 15) is 0 Å². The van der Waals surface area contributed by atoms with Gasteiger partial charge in [0.25, 0.3) is 0 Å². The Morgan fingerprint density at radius 3 is 2.71 bits per heavy atom. The summed E-state index contributed by atoms with van der Waals surface area (Å²) < 4.78 is 0. The van der Waals surface area contributed by atoms with Crippen molar-refractivity contribution in [1.29, 1.82) is 0 Å². The predicted molar refractivity (Wildman–Crippen MR) is 41.1 cm³/mol. The van der Waals surface area contributed by atoms with Crippen molar-refractivity contribution in [3.05, 3.63) is 0 Å². The molecule has 1 heterocycles. The maximum atomic E-state index is 5.88. The fraction of sp³-hybridized carbons (Fsp3) is 1.00. The molecular formula is C3H6AsClS2. The van der Waals surface area contributed by atoms with Crippen LogP contribution < -0.4 is 0 Å². The van der Waals surface area contributed by atoms with Gasteiger partial charge in [-0.15, -0.1) is 0 Å². The standard InChI is InChI=1S/C3H6AsClS2/c1-3-2-6-4(5)7-3/h3H,2H2,1H3/t3-,4?/m0/s1. The third-order valence-corrected chi connectivity index (χ3v) is 13.7. The van der Waals surface area contributed by atoms with Crippen LogP contribution in [-0.2, 0) is 0 Å². The molecule has 7 heavy (non-hydrogen) atoms. The normalized spacial score (nSPS) is 42.0. The van der Waals surface area contributed by atoms with Crippen LogP contribution in [0, 0.1) is 0 Å². The molecule has 0 amide bonds. The van der Waals surface area contributed by atoms with Gasteiger partial charge in [-0.25, -0.2) is 0 Å². The van der Waals surface area contributed by atoms with Gasteiger partial charge in [-0.3, -0.25) is 0 Å². The second-order valence-corrected chi connectivity index (χ2v) is 15.7. The van der Waals surface area contributed by atoms with E-state index in [1.165, 1.54) is 5.75 Å². The Kier molecular flexibility index (Phi) is 2.77. The molecule has 0 aliphatic carbocycles. The van der Waals surface area contributed by atoms with Crippen LogP contribution in [0.1, 0.15) is 6.92 Å². The molecule has 0 aromatic heterocycles. The van der Waals surface area contributed by atoms with Gasteiger partial charge in [-0.05, 0) is 0 Å². The Hall–Kier alpha value is 1.55. The molecule has 1 saturated heterocycles. The van der Waals surface area contributed by atoms with Crippen molar-refractivity contribution in [2.75, 3.05) is 5.75 Å². The van der Waals surface area contributed by atoms with E-state index >= 15 is 0 Å². The van der Waals surface area contributed by atoms with Crippen LogP contribution in [0.2, 0.25) is 0 Å². The first kappa shape index (κ1) is 6.67. The Labute approximate surface area is 59.1 Å². The van der Waals surface area contributed by atoms with Crippen LogP contribution in [0.5, 0.6) is 0 Å². The zero-order valence-electron chi connectivity index (χ0n) is 3.93. The summed E-state index contributed by atoms with van der Waals surface area (Å²) in [5.41, 5.74) is 0. The second kappa shape index (κ2) is 2.91. The topological polar surface area (TPSA) is 0 Å². The van der Waals surface area contributed by atoms with Crippen molar-refractivity contribution in [3.63, 3.8) is 0 Å². The Balaban J connectivity index is 2.26. The molecular weight excluding hydrogens is 211 g/mol. The van der Waals surface area contributed by atoms with Crippen LogP contribution in [0.3, 0.4) is 0 Å². The van der Waals surface area contributed by atoms with Gasteiger partial charge in [-0.2, -0.15) is 0 Å². The van der Waals surface area contributed by atoms with Crippen LogP contribution in [0.4, 0.5) is 0 Å². The number of hydrogen-bond donors (Lipinski definition) is 0. The summed E-state index contributed by atoms with van der Waals surface area (Å²) in [7, 11) is 9.85. The van der Waals surface area contributed by atoms with Crippen molar-refractivity contribution < 1.29 is 0 Å². The van der Waals surface area contributed by atoms with Crippen molar-refractivity contribution in [1.82, 2.24) is 0 Å². The first-order valence-electron chi connectivity index (χ1n) is 2.04. The van der Waals surface area contributed by atoms with E-state index in [1.807, 2.05) is 20.0 Å². The van der Waals surface area contributed by atoms with Crippen molar-refractivity contribution in [3.8, 4) is 0 Å². The third kappa shape index (κ3) is 2.09. The first-order chi connectivity index (χ1) is 3.29. The van der Waals surface area contributed by atoms with Gasteiger partial charge in [-0.1, -0.05) is 0 Å². The van der Waals surface area contributed by atoms with Crippen LogP contribution in [0.25, 0.3) is 0 Å². The number of rotatable bonds is 0. The van der Waals surface area contributed by atoms with E-state index < -0.39 is 11.4 Å². The molecule has 1 fully saturated rings. The molecule has 1 unspecified atom stereocenters. The summed E-state index contributed by atoms with van der Waals surface area (Å²) in [6.45, 7) is 2.24. The summed E-state index contributed by atoms with van der Waals surface area (Å²) >= 11 is -0.858. The Morgan fingerprint density at radius 1 is 1.86 bits per heavy atom. The second-order valence-electron chi connectivity index (χ2n) is 1.42. The van der Waals surface area contributed by atoms with Gasteiger partial charge in [0.2, 0.25) is 0 Å². The molecule has 2 atom stereocenters. The molecule has 0 saturated carbocycles. The van der Waals surface area contributed by atoms with Gasteiger partial charge in [0.05, 0.1) is 0 Å². The molecule has 0 bridgehead atoms. The summed E-state index contributed by atoms with van der Waals surface area (Å²) in [5, 5.41) is 0.836. The summed E-state index contributed by atoms with van der Waals surface area (Å²) in [6.07, 6.45) is 0. The van der Waals surface area contributed by atoms with Crippen LogP contribution in [0.15, 0.2) is 0 Å². The van der Waals surface area contributed by atoms with Gasteiger partial charge in [0.1, 0.15) is 0 Å². The molecule has 1 aliphatic heterocycles. The molecule has 1 aliphatic rings. The van der Waals surface area contributed by atoms with E-state index in [4.69, 9.17) is 9.95 Å². The van der Waals surface area contributed by atoms with Gasteiger partial charge in [0, 0.05) is 0 Å². The fourth-order valence-electron chi connectivity index (χ4n) is 0.366. The Bertz CT molecular complexity index is 62.0. The average Bonchev–Trinajstić information content (AvgIpc) is 1.87. The molecule has 4 heteroatoms. The van der Waals surface area contributed by atoms with E-state index in [0.29, 0.717) is 0 Å². The number of hydrogen-bond acceptors (Lipinski definition) is 2. The average molecular weight is 217 g/mol. The Morgan fingerprint density at radius 2 is 2.57 bits per heavy atom. The zero-order valence-corrected chi connectivity index (χ0v) is 8.19. The van der Waals surface area contributed by atoms with Crippen LogP contribution in [-0.4, -0.2) is 22.4 Å². The van der Waals surface area contributed by atoms with Gasteiger partial charge < -0.3 is 0 Å². The molecule has 0 radical (unpaired) electrons. The van der Waals surface area contributed by atoms with E-state index in [1.54, 1.807) is 0 Å². The SMILES string of the molecule is C[C@H]1CS[As](Cl)S1. The van der Waals surface area contributed by atoms with Crippen molar-refractivity contribution in [2.24, 2.45) is 0 Å². The molecule has 42 valence electrons. The van der Waals surface area contributed by atoms with Crippen LogP contribution >= 0.6 is 30.0 Å². The first-order valence-corrected chi connectivity index (χ1v) is 10.9. The minimum absolute atomic E-state index is 0.836. The number of halogens is 1. The molecule has 0 nitrogen and oxygen atoms in total. The molecule has 0 aromatic carbocycles. The zero-order chi connectivity index (χ0) is 5.28. The predicted octanol–water partition coefficient (Wildman–Crippen LogP) is 2.08. The van der Waals surface area contributed by atoms with Crippen molar-refractivity contribution >= 4 is 41.4 Å². The minimum atomic E-state index is -0.858. The van der Waals surface area contributed by atoms with E-state index in [2.05, 4.69) is 6.92 Å². The summed E-state index contributed by atoms with van der Waals surface area (Å²) in [4.78, 5) is 0. The van der Waals surface area contributed by atoms with Crippen molar-refractivity contribution in [2.45, 2.75) is 12.2 Å². The molecule has 0 N–H and O–H groups in total. The summed E-state index contributed by atoms with van der Waals surface area (Å²) in [5.74, 6) is 1.29. The summed E-state index contributed by atoms with van der Waals surface area (Å²) in [6, 6.07) is 0. The quantitative estimate of drug-likeness (QED) is 0.569. The third-order valence-electron chi connectivity index (χ3n) is 0.674. The molecule has 1 rings (SSSR count). The maximum absolute atomic E-state index is 5.88. The molecule has 0 aromatic rings. The monoisotopic (exact) mass is 216 g/mol. The molecule has 0 spiro atoms. The van der Waals surface area contributed by atoms with Gasteiger partial charge in [0.15, 0.2) is 0 Å². The van der Waals surface area contributed by atoms with E-state index in [0.717, 1.165) is 5.25 Å².